The molecule has 3 N–H and O–H groups in total. The molecule has 0 saturated heterocycles. The van der Waals surface area contributed by atoms with E-state index >= 15 is 0 Å². The molecule has 0 spiro atoms. The van der Waals surface area contributed by atoms with Gasteiger partial charge in [0.1, 0.15) is 5.75 Å². The second-order valence-corrected chi connectivity index (χ2v) is 4.65. The first-order valence-corrected chi connectivity index (χ1v) is 6.62. The van der Waals surface area contributed by atoms with E-state index in [-0.39, 0.29) is 17.9 Å². The fraction of sp³-hybridized carbons (Fsp3) is 0.200. The number of amides is 1. The van der Waals surface area contributed by atoms with Gasteiger partial charge in [0.25, 0.3) is 5.91 Å². The average Bonchev–Trinajstić information content (AvgIpc) is 2.51. The Morgan fingerprint density at radius 2 is 2.00 bits per heavy atom. The molecule has 0 fully saturated rings. The van der Waals surface area contributed by atoms with Crippen molar-refractivity contribution in [3.63, 3.8) is 0 Å². The summed E-state index contributed by atoms with van der Waals surface area (Å²) >= 11 is 0. The molecule has 0 radical (unpaired) electrons. The van der Waals surface area contributed by atoms with Crippen LogP contribution in [0.2, 0.25) is 0 Å². The summed E-state index contributed by atoms with van der Waals surface area (Å²) in [5.74, 6) is -0.533. The van der Waals surface area contributed by atoms with Gasteiger partial charge >= 0.3 is 6.18 Å². The lowest BCUT2D eigenvalue weighted by Gasteiger charge is -2.14. The van der Waals surface area contributed by atoms with E-state index in [1.807, 2.05) is 0 Å². The van der Waals surface area contributed by atoms with Gasteiger partial charge in [-0.15, -0.1) is 0 Å². The zero-order valence-corrected chi connectivity index (χ0v) is 11.9. The average molecular weight is 325 g/mol. The van der Waals surface area contributed by atoms with Crippen molar-refractivity contribution in [2.45, 2.75) is 12.7 Å². The maximum absolute atomic E-state index is 12.3. The summed E-state index contributed by atoms with van der Waals surface area (Å²) in [6.45, 7) is -1.20. The van der Waals surface area contributed by atoms with Crippen molar-refractivity contribution in [2.75, 3.05) is 11.9 Å². The smallest absolute Gasteiger partial charge is 0.422 e. The molecule has 1 aromatic carbocycles. The number of nitrogens with one attached hydrogen (secondary N) is 1. The van der Waals surface area contributed by atoms with Crippen LogP contribution in [0, 0.1) is 0 Å². The standard InChI is InChI=1S/C15H14F3N3O2/c16-15(17,18)9-23-13-4-2-1-3-10(13)7-21-12-5-6-20-8-11(12)14(19)22/h1-6,8H,7,9H2,(H2,19,22)(H,20,21). The summed E-state index contributed by atoms with van der Waals surface area (Å²) in [5, 5.41) is 2.95. The van der Waals surface area contributed by atoms with Crippen molar-refractivity contribution in [1.29, 1.82) is 0 Å². The van der Waals surface area contributed by atoms with Gasteiger partial charge in [0.15, 0.2) is 6.61 Å². The number of carbonyl (C=O) groups is 1. The second-order valence-electron chi connectivity index (χ2n) is 4.65. The second kappa shape index (κ2) is 6.99. The third-order valence-corrected chi connectivity index (χ3v) is 2.92. The van der Waals surface area contributed by atoms with E-state index in [1.165, 1.54) is 18.5 Å². The van der Waals surface area contributed by atoms with E-state index < -0.39 is 18.7 Å². The summed E-state index contributed by atoms with van der Waals surface area (Å²) in [5.41, 5.74) is 6.40. The van der Waals surface area contributed by atoms with Crippen LogP contribution in [0.4, 0.5) is 18.9 Å². The highest BCUT2D eigenvalue weighted by Gasteiger charge is 2.28. The molecule has 122 valence electrons. The predicted molar refractivity (Wildman–Crippen MR) is 78.1 cm³/mol. The Labute approximate surface area is 130 Å². The van der Waals surface area contributed by atoms with Crippen LogP contribution in [0.5, 0.6) is 5.75 Å². The van der Waals surface area contributed by atoms with Crippen molar-refractivity contribution in [3.8, 4) is 5.75 Å². The fourth-order valence-corrected chi connectivity index (χ4v) is 1.89. The number of hydrogen-bond acceptors (Lipinski definition) is 4. The molecule has 0 atom stereocenters. The highest BCUT2D eigenvalue weighted by atomic mass is 19.4. The minimum Gasteiger partial charge on any atom is -0.484 e. The Hall–Kier alpha value is -2.77. The van der Waals surface area contributed by atoms with Crippen LogP contribution in [-0.2, 0) is 6.54 Å². The van der Waals surface area contributed by atoms with Crippen LogP contribution in [0.1, 0.15) is 15.9 Å². The number of pyridine rings is 1. The van der Waals surface area contributed by atoms with E-state index in [1.54, 1.807) is 24.3 Å². The Bertz CT molecular complexity index is 690. The summed E-state index contributed by atoms with van der Waals surface area (Å²) in [4.78, 5) is 15.1. The van der Waals surface area contributed by atoms with Gasteiger partial charge in [0.2, 0.25) is 0 Å². The van der Waals surface area contributed by atoms with Gasteiger partial charge in [0, 0.05) is 24.5 Å². The topological polar surface area (TPSA) is 77.2 Å². The minimum absolute atomic E-state index is 0.118. The van der Waals surface area contributed by atoms with Gasteiger partial charge in [-0.2, -0.15) is 13.2 Å². The molecular weight excluding hydrogens is 311 g/mol. The monoisotopic (exact) mass is 325 g/mol. The van der Waals surface area contributed by atoms with Crippen LogP contribution in [0.25, 0.3) is 0 Å². The van der Waals surface area contributed by atoms with Gasteiger partial charge < -0.3 is 15.8 Å². The molecule has 0 unspecified atom stereocenters. The quantitative estimate of drug-likeness (QED) is 0.856. The molecule has 2 rings (SSSR count). The van der Waals surface area contributed by atoms with Gasteiger partial charge in [-0.1, -0.05) is 18.2 Å². The summed E-state index contributed by atoms with van der Waals surface area (Å²) in [6.07, 6.45) is -1.62. The molecule has 1 aromatic heterocycles. The van der Waals surface area contributed by atoms with Crippen molar-refractivity contribution >= 4 is 11.6 Å². The lowest BCUT2D eigenvalue weighted by atomic mass is 10.1. The number of alkyl halides is 3. The maximum Gasteiger partial charge on any atom is 0.422 e. The number of nitrogens with two attached hydrogens (primary N) is 1. The van der Waals surface area contributed by atoms with Gasteiger partial charge in [-0.25, -0.2) is 0 Å². The van der Waals surface area contributed by atoms with E-state index in [0.717, 1.165) is 0 Å². The number of primary amides is 1. The normalized spacial score (nSPS) is 11.1. The number of benzene rings is 1. The van der Waals surface area contributed by atoms with E-state index in [4.69, 9.17) is 10.5 Å². The molecule has 0 aliphatic heterocycles. The molecule has 0 bridgehead atoms. The molecule has 1 amide bonds. The van der Waals surface area contributed by atoms with Crippen LogP contribution >= 0.6 is 0 Å². The number of rotatable bonds is 6. The number of anilines is 1. The number of halogens is 3. The zero-order valence-electron chi connectivity index (χ0n) is 11.9. The van der Waals surface area contributed by atoms with Crippen molar-refractivity contribution in [3.05, 3.63) is 53.9 Å². The molecule has 0 saturated carbocycles. The largest absolute Gasteiger partial charge is 0.484 e. The summed E-state index contributed by atoms with van der Waals surface area (Å²) in [6, 6.07) is 7.89. The third-order valence-electron chi connectivity index (χ3n) is 2.92. The van der Waals surface area contributed by atoms with E-state index in [2.05, 4.69) is 10.3 Å². The number of nitrogens with zero attached hydrogens (tertiary/aromatic N) is 1. The van der Waals surface area contributed by atoms with Crippen molar-refractivity contribution in [2.24, 2.45) is 5.73 Å². The first-order valence-electron chi connectivity index (χ1n) is 6.62. The number of aromatic nitrogens is 1. The van der Waals surface area contributed by atoms with Crippen LogP contribution in [-0.4, -0.2) is 23.7 Å². The summed E-state index contributed by atoms with van der Waals surface area (Å²) in [7, 11) is 0. The van der Waals surface area contributed by atoms with Gasteiger partial charge in [0.05, 0.1) is 11.3 Å². The Morgan fingerprint density at radius 1 is 1.26 bits per heavy atom. The molecule has 23 heavy (non-hydrogen) atoms. The number of ether oxygens (including phenoxy) is 1. The molecule has 1 heterocycles. The first kappa shape index (κ1) is 16.6. The van der Waals surface area contributed by atoms with Gasteiger partial charge in [-0.05, 0) is 12.1 Å². The number of hydrogen-bond donors (Lipinski definition) is 2. The number of carbonyl (C=O) groups excluding carboxylic acids is 1. The molecule has 0 aliphatic rings. The van der Waals surface area contributed by atoms with Crippen molar-refractivity contribution in [1.82, 2.24) is 4.98 Å². The van der Waals surface area contributed by atoms with Crippen molar-refractivity contribution < 1.29 is 22.7 Å². The third kappa shape index (κ3) is 4.87. The molecule has 2 aromatic rings. The van der Waals surface area contributed by atoms with E-state index in [0.29, 0.717) is 11.3 Å². The lowest BCUT2D eigenvalue weighted by Crippen LogP contribution is -2.20. The molecule has 8 heteroatoms. The highest BCUT2D eigenvalue weighted by Crippen LogP contribution is 2.23. The zero-order chi connectivity index (χ0) is 16.9. The molecular formula is C15H14F3N3O2. The minimum atomic E-state index is -4.41. The SMILES string of the molecule is NC(=O)c1cnccc1NCc1ccccc1OCC(F)(F)F. The first-order chi connectivity index (χ1) is 10.9. The number of para-hydroxylation sites is 1. The molecule has 5 nitrogen and oxygen atoms in total. The Balaban J connectivity index is 2.11. The van der Waals surface area contributed by atoms with E-state index in [9.17, 15) is 18.0 Å². The van der Waals surface area contributed by atoms with Crippen LogP contribution in [0.15, 0.2) is 42.7 Å². The fourth-order valence-electron chi connectivity index (χ4n) is 1.89. The predicted octanol–water partition coefficient (Wildman–Crippen LogP) is 2.73. The molecule has 0 aliphatic carbocycles. The van der Waals surface area contributed by atoms with Gasteiger partial charge in [-0.3, -0.25) is 9.78 Å². The lowest BCUT2D eigenvalue weighted by molar-refractivity contribution is -0.153. The van der Waals surface area contributed by atoms with Crippen LogP contribution < -0.4 is 15.8 Å². The summed E-state index contributed by atoms with van der Waals surface area (Å²) < 4.78 is 41.6. The Morgan fingerprint density at radius 3 is 2.70 bits per heavy atom. The Kier molecular flexibility index (Phi) is 5.05. The highest BCUT2D eigenvalue weighted by molar-refractivity contribution is 5.98. The van der Waals surface area contributed by atoms with Crippen LogP contribution in [0.3, 0.4) is 0 Å². The maximum atomic E-state index is 12.3.